The van der Waals surface area contributed by atoms with E-state index in [-0.39, 0.29) is 11.9 Å². The summed E-state index contributed by atoms with van der Waals surface area (Å²) in [6.45, 7) is 7.81. The summed E-state index contributed by atoms with van der Waals surface area (Å²) in [5, 5.41) is 0. The molecule has 0 spiro atoms. The lowest BCUT2D eigenvalue weighted by molar-refractivity contribution is -0.144. The molecule has 0 amide bonds. The fraction of sp³-hybridized carbons (Fsp3) is 0.810. The Kier molecular flexibility index (Phi) is 30.0. The van der Waals surface area contributed by atoms with Gasteiger partial charge in [-0.05, 0) is 70.3 Å². The van der Waals surface area contributed by atoms with Gasteiger partial charge in [0, 0.05) is 25.5 Å². The minimum atomic E-state index is -0.0324. The number of ether oxygens (including phenoxy) is 4. The summed E-state index contributed by atoms with van der Waals surface area (Å²) >= 11 is 0. The molecule has 0 aliphatic rings. The monoisotopic (exact) mass is 690 g/mol. The van der Waals surface area contributed by atoms with E-state index < -0.39 is 0 Å². The van der Waals surface area contributed by atoms with Crippen LogP contribution in [0, 0.1) is 0 Å². The SMILES string of the molecule is CCCCCCC(=O)OCCCCCCCCCCOc1cc(CN(C)C)cc(OCCCCCCCCCCOC(=O)CCCCC)c1. The lowest BCUT2D eigenvalue weighted by Gasteiger charge is -2.15. The third-order valence-electron chi connectivity index (χ3n) is 8.80. The maximum Gasteiger partial charge on any atom is 0.305 e. The molecule has 0 aliphatic heterocycles. The molecule has 1 rings (SSSR count). The van der Waals surface area contributed by atoms with Crippen LogP contribution in [-0.2, 0) is 25.6 Å². The largest absolute Gasteiger partial charge is 0.493 e. The van der Waals surface area contributed by atoms with Crippen LogP contribution in [0.2, 0.25) is 0 Å². The predicted molar refractivity (Wildman–Crippen MR) is 204 cm³/mol. The van der Waals surface area contributed by atoms with Gasteiger partial charge in [-0.3, -0.25) is 9.59 Å². The van der Waals surface area contributed by atoms with Crippen molar-refractivity contribution in [1.29, 1.82) is 0 Å². The summed E-state index contributed by atoms with van der Waals surface area (Å²) in [6.07, 6.45) is 27.5. The van der Waals surface area contributed by atoms with Crippen LogP contribution in [-0.4, -0.2) is 57.4 Å². The second kappa shape index (κ2) is 32.9. The van der Waals surface area contributed by atoms with E-state index >= 15 is 0 Å². The molecule has 1 aromatic rings. The molecule has 49 heavy (non-hydrogen) atoms. The van der Waals surface area contributed by atoms with E-state index in [0.29, 0.717) is 26.1 Å². The number of nitrogens with zero attached hydrogens (tertiary/aromatic N) is 1. The molecule has 0 heterocycles. The molecule has 284 valence electrons. The number of carbonyl (C=O) groups excluding carboxylic acids is 2. The first-order valence-corrected chi connectivity index (χ1v) is 20.3. The van der Waals surface area contributed by atoms with E-state index in [4.69, 9.17) is 18.9 Å². The average Bonchev–Trinajstić information content (AvgIpc) is 3.07. The second-order valence-corrected chi connectivity index (χ2v) is 14.1. The summed E-state index contributed by atoms with van der Waals surface area (Å²) in [5.74, 6) is 1.75. The van der Waals surface area contributed by atoms with Crippen LogP contribution in [0.1, 0.15) is 180 Å². The molecule has 0 bridgehead atoms. The van der Waals surface area contributed by atoms with Crippen molar-refractivity contribution in [3.05, 3.63) is 23.8 Å². The molecule has 0 saturated heterocycles. The van der Waals surface area contributed by atoms with E-state index in [2.05, 4.69) is 45.0 Å². The highest BCUT2D eigenvalue weighted by Gasteiger charge is 2.07. The second-order valence-electron chi connectivity index (χ2n) is 14.1. The molecule has 7 heteroatoms. The Hall–Kier alpha value is -2.28. The normalized spacial score (nSPS) is 11.2. The number of hydrogen-bond acceptors (Lipinski definition) is 7. The zero-order valence-corrected chi connectivity index (χ0v) is 32.3. The third-order valence-corrected chi connectivity index (χ3v) is 8.80. The lowest BCUT2D eigenvalue weighted by atomic mass is 10.1. The molecule has 0 saturated carbocycles. The zero-order valence-electron chi connectivity index (χ0n) is 32.3. The molecular formula is C42H75NO6. The highest BCUT2D eigenvalue weighted by Crippen LogP contribution is 2.25. The van der Waals surface area contributed by atoms with Crippen LogP contribution in [0.15, 0.2) is 18.2 Å². The van der Waals surface area contributed by atoms with Crippen LogP contribution in [0.4, 0.5) is 0 Å². The predicted octanol–water partition coefficient (Wildman–Crippen LogP) is 11.4. The fourth-order valence-corrected chi connectivity index (χ4v) is 5.90. The molecule has 7 nitrogen and oxygen atoms in total. The first kappa shape index (κ1) is 44.7. The number of esters is 2. The number of carbonyl (C=O) groups is 2. The van der Waals surface area contributed by atoms with Gasteiger partial charge < -0.3 is 23.8 Å². The van der Waals surface area contributed by atoms with Crippen LogP contribution < -0.4 is 9.47 Å². The van der Waals surface area contributed by atoms with Crippen molar-refractivity contribution in [2.75, 3.05) is 40.5 Å². The topological polar surface area (TPSA) is 74.3 Å². The molecule has 1 aromatic carbocycles. The average molecular weight is 690 g/mol. The first-order valence-electron chi connectivity index (χ1n) is 20.3. The van der Waals surface area contributed by atoms with E-state index in [1.54, 1.807) is 0 Å². The van der Waals surface area contributed by atoms with Gasteiger partial charge in [0.15, 0.2) is 0 Å². The Morgan fingerprint density at radius 1 is 0.469 bits per heavy atom. The van der Waals surface area contributed by atoms with Gasteiger partial charge in [-0.15, -0.1) is 0 Å². The Bertz CT molecular complexity index is 920. The van der Waals surface area contributed by atoms with Crippen molar-refractivity contribution >= 4 is 11.9 Å². The fourth-order valence-electron chi connectivity index (χ4n) is 5.90. The van der Waals surface area contributed by atoms with Gasteiger partial charge in [-0.1, -0.05) is 123 Å². The molecule has 0 fully saturated rings. The van der Waals surface area contributed by atoms with Gasteiger partial charge in [0.1, 0.15) is 11.5 Å². The smallest absolute Gasteiger partial charge is 0.305 e. The van der Waals surface area contributed by atoms with Gasteiger partial charge >= 0.3 is 11.9 Å². The Morgan fingerprint density at radius 2 is 0.816 bits per heavy atom. The number of hydrogen-bond donors (Lipinski definition) is 0. The number of benzene rings is 1. The van der Waals surface area contributed by atoms with Crippen molar-refractivity contribution < 1.29 is 28.5 Å². The number of unbranched alkanes of at least 4 members (excludes halogenated alkanes) is 19. The van der Waals surface area contributed by atoms with Crippen molar-refractivity contribution in [3.8, 4) is 11.5 Å². The standard InChI is InChI=1S/C42H75NO6/c1-5-7-9-23-29-42(45)49-33-27-21-17-13-11-15-19-25-31-47-40-35-38(37-43(3)4)34-39(36-40)46-30-24-18-14-10-12-16-20-26-32-48-41(44)28-22-8-6-2/h34-36H,5-33,37H2,1-4H3. The minimum Gasteiger partial charge on any atom is -0.493 e. The quantitative estimate of drug-likeness (QED) is 0.0518. The molecule has 0 atom stereocenters. The summed E-state index contributed by atoms with van der Waals surface area (Å²) < 4.78 is 23.0. The maximum absolute atomic E-state index is 11.7. The summed E-state index contributed by atoms with van der Waals surface area (Å²) in [5.41, 5.74) is 1.21. The van der Waals surface area contributed by atoms with Crippen molar-refractivity contribution in [3.63, 3.8) is 0 Å². The van der Waals surface area contributed by atoms with E-state index in [1.165, 1.54) is 82.6 Å². The summed E-state index contributed by atoms with van der Waals surface area (Å²) in [4.78, 5) is 25.6. The first-order chi connectivity index (χ1) is 23.9. The van der Waals surface area contributed by atoms with Gasteiger partial charge in [0.05, 0.1) is 26.4 Å². The zero-order chi connectivity index (χ0) is 35.6. The molecule has 0 radical (unpaired) electrons. The van der Waals surface area contributed by atoms with Crippen LogP contribution >= 0.6 is 0 Å². The third kappa shape index (κ3) is 29.2. The van der Waals surface area contributed by atoms with Gasteiger partial charge in [0.2, 0.25) is 0 Å². The van der Waals surface area contributed by atoms with Crippen LogP contribution in [0.25, 0.3) is 0 Å². The number of rotatable bonds is 35. The van der Waals surface area contributed by atoms with Gasteiger partial charge in [-0.2, -0.15) is 0 Å². The molecule has 0 aromatic heterocycles. The summed E-state index contributed by atoms with van der Waals surface area (Å²) in [7, 11) is 4.17. The Balaban J connectivity index is 2.10. The van der Waals surface area contributed by atoms with Crippen molar-refractivity contribution in [1.82, 2.24) is 4.90 Å². The van der Waals surface area contributed by atoms with Crippen molar-refractivity contribution in [2.24, 2.45) is 0 Å². The Labute approximate surface area is 301 Å². The lowest BCUT2D eigenvalue weighted by Crippen LogP contribution is -2.11. The van der Waals surface area contributed by atoms with E-state index in [9.17, 15) is 9.59 Å². The molecule has 0 aliphatic carbocycles. The van der Waals surface area contributed by atoms with Gasteiger partial charge in [0.25, 0.3) is 0 Å². The van der Waals surface area contributed by atoms with Crippen LogP contribution in [0.3, 0.4) is 0 Å². The highest BCUT2D eigenvalue weighted by molar-refractivity contribution is 5.69. The maximum atomic E-state index is 11.7. The molecular weight excluding hydrogens is 614 g/mol. The minimum absolute atomic E-state index is 0.0254. The highest BCUT2D eigenvalue weighted by atomic mass is 16.5. The van der Waals surface area contributed by atoms with E-state index in [0.717, 1.165) is 102 Å². The van der Waals surface area contributed by atoms with Crippen LogP contribution in [0.5, 0.6) is 11.5 Å². The Morgan fingerprint density at radius 3 is 1.22 bits per heavy atom. The van der Waals surface area contributed by atoms with E-state index in [1.807, 2.05) is 6.07 Å². The van der Waals surface area contributed by atoms with Crippen molar-refractivity contribution in [2.45, 2.75) is 181 Å². The summed E-state index contributed by atoms with van der Waals surface area (Å²) in [6, 6.07) is 6.34. The molecule has 0 unspecified atom stereocenters. The van der Waals surface area contributed by atoms with Gasteiger partial charge in [-0.25, -0.2) is 0 Å². The molecule has 0 N–H and O–H groups in total.